The Morgan fingerprint density at radius 1 is 1.36 bits per heavy atom. The highest BCUT2D eigenvalue weighted by atomic mass is 16.2. The molecule has 22 heavy (non-hydrogen) atoms. The summed E-state index contributed by atoms with van der Waals surface area (Å²) in [6.07, 6.45) is 3.07. The van der Waals surface area contributed by atoms with Crippen LogP contribution >= 0.6 is 0 Å². The molecule has 0 aromatic carbocycles. The number of aromatic nitrogens is 1. The third-order valence-corrected chi connectivity index (χ3v) is 3.30. The maximum Gasteiger partial charge on any atom is 0.255 e. The van der Waals surface area contributed by atoms with Crippen molar-refractivity contribution >= 4 is 17.7 Å². The standard InChI is InChI=1S/C15H20N4O3/c1-11(2)17-13(20)9-18-6-7-19(10-14(18)21)15(22)12-4-3-5-16-8-12/h3-5,8,11H,6-7,9-10H2,1-2H3,(H,17,20). The number of carbonyl (C=O) groups is 3. The Morgan fingerprint density at radius 3 is 2.73 bits per heavy atom. The fraction of sp³-hybridized carbons (Fsp3) is 0.467. The van der Waals surface area contributed by atoms with E-state index < -0.39 is 0 Å². The molecule has 0 unspecified atom stereocenters. The minimum atomic E-state index is -0.220. The highest BCUT2D eigenvalue weighted by Crippen LogP contribution is 2.08. The Bertz CT molecular complexity index is 559. The summed E-state index contributed by atoms with van der Waals surface area (Å²) in [6.45, 7) is 4.52. The zero-order chi connectivity index (χ0) is 16.1. The highest BCUT2D eigenvalue weighted by molar-refractivity contribution is 5.97. The minimum Gasteiger partial charge on any atom is -0.352 e. The molecule has 2 heterocycles. The van der Waals surface area contributed by atoms with Gasteiger partial charge >= 0.3 is 0 Å². The van der Waals surface area contributed by atoms with E-state index in [1.807, 2.05) is 13.8 Å². The van der Waals surface area contributed by atoms with Gasteiger partial charge in [0.25, 0.3) is 5.91 Å². The summed E-state index contributed by atoms with van der Waals surface area (Å²) < 4.78 is 0. The van der Waals surface area contributed by atoms with Crippen molar-refractivity contribution in [3.05, 3.63) is 30.1 Å². The molecule has 3 amide bonds. The van der Waals surface area contributed by atoms with Crippen molar-refractivity contribution in [2.24, 2.45) is 0 Å². The molecule has 1 aliphatic heterocycles. The molecule has 7 heteroatoms. The SMILES string of the molecule is CC(C)NC(=O)CN1CCN(C(=O)c2cccnc2)CC1=O. The highest BCUT2D eigenvalue weighted by Gasteiger charge is 2.28. The molecule has 1 N–H and O–H groups in total. The Labute approximate surface area is 129 Å². The molecule has 0 bridgehead atoms. The van der Waals surface area contributed by atoms with Gasteiger partial charge in [0.2, 0.25) is 11.8 Å². The first-order chi connectivity index (χ1) is 10.5. The lowest BCUT2D eigenvalue weighted by Gasteiger charge is -2.34. The lowest BCUT2D eigenvalue weighted by atomic mass is 10.2. The van der Waals surface area contributed by atoms with Crippen molar-refractivity contribution in [1.82, 2.24) is 20.1 Å². The van der Waals surface area contributed by atoms with Crippen LogP contribution in [0.2, 0.25) is 0 Å². The predicted molar refractivity (Wildman–Crippen MR) is 80.0 cm³/mol. The molecule has 7 nitrogen and oxygen atoms in total. The van der Waals surface area contributed by atoms with E-state index in [4.69, 9.17) is 0 Å². The Kier molecular flexibility index (Phi) is 5.08. The van der Waals surface area contributed by atoms with Gasteiger partial charge in [-0.3, -0.25) is 19.4 Å². The van der Waals surface area contributed by atoms with Crippen LogP contribution in [0.25, 0.3) is 0 Å². The first kappa shape index (κ1) is 15.9. The second-order valence-electron chi connectivity index (χ2n) is 5.51. The van der Waals surface area contributed by atoms with E-state index in [9.17, 15) is 14.4 Å². The van der Waals surface area contributed by atoms with Crippen molar-refractivity contribution in [1.29, 1.82) is 0 Å². The van der Waals surface area contributed by atoms with Crippen LogP contribution in [0, 0.1) is 0 Å². The largest absolute Gasteiger partial charge is 0.352 e. The topological polar surface area (TPSA) is 82.6 Å². The number of piperazine rings is 1. The normalized spacial score (nSPS) is 15.1. The van der Waals surface area contributed by atoms with Crippen LogP contribution in [0.1, 0.15) is 24.2 Å². The quantitative estimate of drug-likeness (QED) is 0.841. The van der Waals surface area contributed by atoms with E-state index in [-0.39, 0.29) is 36.9 Å². The van der Waals surface area contributed by atoms with Gasteiger partial charge < -0.3 is 15.1 Å². The number of nitrogens with zero attached hydrogens (tertiary/aromatic N) is 3. The van der Waals surface area contributed by atoms with Gasteiger partial charge in [-0.1, -0.05) is 0 Å². The zero-order valence-electron chi connectivity index (χ0n) is 12.8. The van der Waals surface area contributed by atoms with Crippen molar-refractivity contribution in [3.8, 4) is 0 Å². The number of rotatable bonds is 4. The zero-order valence-corrected chi connectivity index (χ0v) is 12.8. The monoisotopic (exact) mass is 304 g/mol. The third kappa shape index (κ3) is 4.03. The number of hydrogen-bond donors (Lipinski definition) is 1. The fourth-order valence-corrected chi connectivity index (χ4v) is 2.26. The fourth-order valence-electron chi connectivity index (χ4n) is 2.26. The average Bonchev–Trinajstić information content (AvgIpc) is 2.48. The lowest BCUT2D eigenvalue weighted by Crippen LogP contribution is -2.54. The van der Waals surface area contributed by atoms with Gasteiger partial charge in [0.15, 0.2) is 0 Å². The first-order valence-electron chi connectivity index (χ1n) is 7.24. The summed E-state index contributed by atoms with van der Waals surface area (Å²) in [4.78, 5) is 42.9. The molecule has 0 saturated carbocycles. The van der Waals surface area contributed by atoms with Gasteiger partial charge in [0.05, 0.1) is 12.1 Å². The van der Waals surface area contributed by atoms with E-state index in [0.717, 1.165) is 0 Å². The van der Waals surface area contributed by atoms with Gasteiger partial charge in [0.1, 0.15) is 6.54 Å². The van der Waals surface area contributed by atoms with Gasteiger partial charge in [0, 0.05) is 31.5 Å². The predicted octanol–water partition coefficient (Wildman–Crippen LogP) is -0.109. The lowest BCUT2D eigenvalue weighted by molar-refractivity contribution is -0.139. The van der Waals surface area contributed by atoms with Crippen molar-refractivity contribution in [2.45, 2.75) is 19.9 Å². The van der Waals surface area contributed by atoms with E-state index in [1.54, 1.807) is 18.3 Å². The number of nitrogens with one attached hydrogen (secondary N) is 1. The summed E-state index contributed by atoms with van der Waals surface area (Å²) in [5.74, 6) is -0.620. The minimum absolute atomic E-state index is 0.0112. The average molecular weight is 304 g/mol. The summed E-state index contributed by atoms with van der Waals surface area (Å²) >= 11 is 0. The molecule has 1 aromatic rings. The number of hydrogen-bond acceptors (Lipinski definition) is 4. The van der Waals surface area contributed by atoms with Crippen LogP contribution in [0.3, 0.4) is 0 Å². The van der Waals surface area contributed by atoms with Crippen LogP contribution in [-0.2, 0) is 9.59 Å². The molecule has 1 aliphatic rings. The van der Waals surface area contributed by atoms with Gasteiger partial charge in [-0.05, 0) is 26.0 Å². The first-order valence-corrected chi connectivity index (χ1v) is 7.24. The summed E-state index contributed by atoms with van der Waals surface area (Å²) in [5, 5.41) is 2.75. The molecule has 1 saturated heterocycles. The van der Waals surface area contributed by atoms with Gasteiger partial charge in [-0.25, -0.2) is 0 Å². The smallest absolute Gasteiger partial charge is 0.255 e. The van der Waals surface area contributed by atoms with Crippen molar-refractivity contribution in [3.63, 3.8) is 0 Å². The Balaban J connectivity index is 1.91. The van der Waals surface area contributed by atoms with Crippen LogP contribution in [0.15, 0.2) is 24.5 Å². The molecule has 0 spiro atoms. The molecule has 1 aromatic heterocycles. The third-order valence-electron chi connectivity index (χ3n) is 3.30. The second kappa shape index (κ2) is 7.02. The molecule has 118 valence electrons. The van der Waals surface area contributed by atoms with Crippen molar-refractivity contribution in [2.75, 3.05) is 26.2 Å². The van der Waals surface area contributed by atoms with E-state index in [2.05, 4.69) is 10.3 Å². The van der Waals surface area contributed by atoms with Gasteiger partial charge in [-0.15, -0.1) is 0 Å². The van der Waals surface area contributed by atoms with E-state index >= 15 is 0 Å². The number of amides is 3. The van der Waals surface area contributed by atoms with Crippen LogP contribution < -0.4 is 5.32 Å². The summed E-state index contributed by atoms with van der Waals surface area (Å²) in [7, 11) is 0. The van der Waals surface area contributed by atoms with E-state index in [0.29, 0.717) is 18.7 Å². The van der Waals surface area contributed by atoms with Crippen LogP contribution in [0.5, 0.6) is 0 Å². The number of pyridine rings is 1. The van der Waals surface area contributed by atoms with E-state index in [1.165, 1.54) is 16.0 Å². The Morgan fingerprint density at radius 2 is 2.14 bits per heavy atom. The molecule has 0 aliphatic carbocycles. The molecule has 0 atom stereocenters. The second-order valence-corrected chi connectivity index (χ2v) is 5.51. The summed E-state index contributed by atoms with van der Waals surface area (Å²) in [6, 6.07) is 3.39. The number of carbonyl (C=O) groups excluding carboxylic acids is 3. The molecular weight excluding hydrogens is 284 g/mol. The van der Waals surface area contributed by atoms with Crippen LogP contribution in [0.4, 0.5) is 0 Å². The van der Waals surface area contributed by atoms with Crippen molar-refractivity contribution < 1.29 is 14.4 Å². The molecule has 0 radical (unpaired) electrons. The summed E-state index contributed by atoms with van der Waals surface area (Å²) in [5.41, 5.74) is 0.460. The Hall–Kier alpha value is -2.44. The van der Waals surface area contributed by atoms with Crippen LogP contribution in [-0.4, -0.2) is 64.7 Å². The van der Waals surface area contributed by atoms with Gasteiger partial charge in [-0.2, -0.15) is 0 Å². The maximum atomic E-state index is 12.3. The molecule has 2 rings (SSSR count). The maximum absolute atomic E-state index is 12.3. The molecular formula is C15H20N4O3. The molecule has 1 fully saturated rings.